The Morgan fingerprint density at radius 3 is 2.67 bits per heavy atom. The summed E-state index contributed by atoms with van der Waals surface area (Å²) in [6.45, 7) is 11.0. The molecule has 2 aliphatic rings. The van der Waals surface area contributed by atoms with Crippen LogP contribution >= 0.6 is 0 Å². The summed E-state index contributed by atoms with van der Waals surface area (Å²) in [6.07, 6.45) is 2.45. The van der Waals surface area contributed by atoms with Crippen molar-refractivity contribution in [3.05, 3.63) is 12.2 Å². The summed E-state index contributed by atoms with van der Waals surface area (Å²) in [5, 5.41) is 3.07. The molecule has 2 rings (SSSR count). The van der Waals surface area contributed by atoms with E-state index in [0.29, 0.717) is 12.5 Å². The van der Waals surface area contributed by atoms with Crippen molar-refractivity contribution in [3.8, 4) is 0 Å². The normalized spacial score (nSPS) is 23.7. The number of nitrogens with two attached hydrogens (primary N) is 1. The average Bonchev–Trinajstić information content (AvgIpc) is 3.16. The van der Waals surface area contributed by atoms with Crippen molar-refractivity contribution >= 4 is 5.96 Å². The monoisotopic (exact) mass is 252 g/mol. The molecule has 0 spiro atoms. The molecule has 0 unspecified atom stereocenters. The lowest BCUT2D eigenvalue weighted by Crippen LogP contribution is -2.47. The Balaban J connectivity index is 1.81. The molecule has 0 aromatic carbocycles. The summed E-state index contributed by atoms with van der Waals surface area (Å²) < 4.78 is 5.39. The van der Waals surface area contributed by atoms with Crippen LogP contribution in [0.1, 0.15) is 19.8 Å². The maximum Gasteiger partial charge on any atom is 0.188 e. The number of nitrogens with one attached hydrogen (secondary N) is 1. The van der Waals surface area contributed by atoms with Gasteiger partial charge in [0, 0.05) is 25.2 Å². The highest BCUT2D eigenvalue weighted by Gasteiger charge is 2.47. The molecule has 0 aromatic rings. The van der Waals surface area contributed by atoms with Crippen LogP contribution in [0.25, 0.3) is 0 Å². The van der Waals surface area contributed by atoms with Crippen molar-refractivity contribution < 1.29 is 4.74 Å². The Morgan fingerprint density at radius 1 is 1.44 bits per heavy atom. The Labute approximate surface area is 109 Å². The van der Waals surface area contributed by atoms with Crippen molar-refractivity contribution in [2.24, 2.45) is 10.7 Å². The molecule has 102 valence electrons. The van der Waals surface area contributed by atoms with E-state index in [0.717, 1.165) is 38.4 Å². The van der Waals surface area contributed by atoms with Crippen LogP contribution < -0.4 is 11.1 Å². The van der Waals surface area contributed by atoms with Gasteiger partial charge < -0.3 is 15.8 Å². The summed E-state index contributed by atoms with van der Waals surface area (Å²) in [5.41, 5.74) is 7.16. The molecule has 1 heterocycles. The van der Waals surface area contributed by atoms with Gasteiger partial charge in [-0.3, -0.25) is 9.89 Å². The van der Waals surface area contributed by atoms with Crippen LogP contribution in [0.15, 0.2) is 17.1 Å². The second kappa shape index (κ2) is 5.71. The fourth-order valence-corrected chi connectivity index (χ4v) is 2.29. The number of hydrogen-bond donors (Lipinski definition) is 2. The number of morpholine rings is 1. The molecule has 3 N–H and O–H groups in total. The molecule has 1 aliphatic carbocycles. The maximum atomic E-state index is 5.84. The minimum atomic E-state index is 0.263. The van der Waals surface area contributed by atoms with Crippen LogP contribution in [0, 0.1) is 0 Å². The molecule has 0 amide bonds. The number of ether oxygens (including phenoxy) is 1. The molecular weight excluding hydrogens is 228 g/mol. The highest BCUT2D eigenvalue weighted by Crippen LogP contribution is 2.42. The van der Waals surface area contributed by atoms with Gasteiger partial charge in [-0.2, -0.15) is 0 Å². The van der Waals surface area contributed by atoms with Gasteiger partial charge in [0.2, 0.25) is 0 Å². The Bertz CT molecular complexity index is 330. The van der Waals surface area contributed by atoms with Gasteiger partial charge in [0.25, 0.3) is 0 Å². The van der Waals surface area contributed by atoms with Crippen molar-refractivity contribution in [1.82, 2.24) is 10.2 Å². The topological polar surface area (TPSA) is 62.9 Å². The lowest BCUT2D eigenvalue weighted by molar-refractivity contribution is 0.0117. The molecule has 0 atom stereocenters. The van der Waals surface area contributed by atoms with E-state index in [2.05, 4.69) is 21.8 Å². The quantitative estimate of drug-likeness (QED) is 0.420. The molecule has 1 saturated carbocycles. The van der Waals surface area contributed by atoms with Crippen LogP contribution in [-0.4, -0.2) is 55.8 Å². The molecule has 5 nitrogen and oxygen atoms in total. The lowest BCUT2D eigenvalue weighted by atomic mass is 10.2. The highest BCUT2D eigenvalue weighted by atomic mass is 16.5. The summed E-state index contributed by atoms with van der Waals surface area (Å²) >= 11 is 0. The number of rotatable bonds is 5. The summed E-state index contributed by atoms with van der Waals surface area (Å²) in [4.78, 5) is 6.97. The second-order valence-corrected chi connectivity index (χ2v) is 5.34. The molecule has 1 aliphatic heterocycles. The predicted octanol–water partition coefficient (Wildman–Crippen LogP) is 0.332. The van der Waals surface area contributed by atoms with Crippen LogP contribution in [0.3, 0.4) is 0 Å². The third kappa shape index (κ3) is 3.46. The van der Waals surface area contributed by atoms with Gasteiger partial charge in [0.05, 0.1) is 19.8 Å². The van der Waals surface area contributed by atoms with E-state index >= 15 is 0 Å². The maximum absolute atomic E-state index is 5.84. The highest BCUT2D eigenvalue weighted by molar-refractivity contribution is 5.78. The van der Waals surface area contributed by atoms with Crippen LogP contribution in [-0.2, 0) is 4.74 Å². The Kier molecular flexibility index (Phi) is 4.24. The van der Waals surface area contributed by atoms with Crippen molar-refractivity contribution in [3.63, 3.8) is 0 Å². The van der Waals surface area contributed by atoms with Crippen molar-refractivity contribution in [2.75, 3.05) is 39.4 Å². The van der Waals surface area contributed by atoms with Crippen molar-refractivity contribution in [2.45, 2.75) is 25.3 Å². The first-order valence-corrected chi connectivity index (χ1v) is 6.63. The van der Waals surface area contributed by atoms with E-state index in [9.17, 15) is 0 Å². The molecule has 0 aromatic heterocycles. The molecule has 5 heteroatoms. The Morgan fingerprint density at radius 2 is 2.11 bits per heavy atom. The first-order valence-electron chi connectivity index (χ1n) is 6.63. The van der Waals surface area contributed by atoms with Gasteiger partial charge >= 0.3 is 0 Å². The largest absolute Gasteiger partial charge is 0.379 e. The molecule has 0 bridgehead atoms. The van der Waals surface area contributed by atoms with Gasteiger partial charge in [-0.1, -0.05) is 12.2 Å². The zero-order valence-electron chi connectivity index (χ0n) is 11.2. The number of nitrogens with zero attached hydrogens (tertiary/aromatic N) is 2. The van der Waals surface area contributed by atoms with Gasteiger partial charge in [0.15, 0.2) is 5.96 Å². The first-order chi connectivity index (χ1) is 8.62. The lowest BCUT2D eigenvalue weighted by Gasteiger charge is -2.34. The van der Waals surface area contributed by atoms with Gasteiger partial charge in [0.1, 0.15) is 0 Å². The van der Waals surface area contributed by atoms with Gasteiger partial charge in [-0.15, -0.1) is 0 Å². The minimum absolute atomic E-state index is 0.263. The predicted molar refractivity (Wildman–Crippen MR) is 73.7 cm³/mol. The summed E-state index contributed by atoms with van der Waals surface area (Å²) in [5.74, 6) is 0.525. The zero-order valence-corrected chi connectivity index (χ0v) is 11.2. The minimum Gasteiger partial charge on any atom is -0.379 e. The number of aliphatic imine (C=N–C) groups is 1. The van der Waals surface area contributed by atoms with Crippen LogP contribution in [0.4, 0.5) is 0 Å². The number of guanidine groups is 1. The molecule has 18 heavy (non-hydrogen) atoms. The second-order valence-electron chi connectivity index (χ2n) is 5.34. The summed E-state index contributed by atoms with van der Waals surface area (Å²) in [7, 11) is 0. The smallest absolute Gasteiger partial charge is 0.188 e. The summed E-state index contributed by atoms with van der Waals surface area (Å²) in [6, 6.07) is 0. The SMILES string of the molecule is C=C(C)CNC(N)=NCC1(N2CCOCC2)CC1. The van der Waals surface area contributed by atoms with E-state index in [4.69, 9.17) is 10.5 Å². The first kappa shape index (κ1) is 13.4. The number of hydrogen-bond acceptors (Lipinski definition) is 3. The standard InChI is InChI=1S/C13H24N4O/c1-11(2)9-15-12(14)16-10-13(3-4-13)17-5-7-18-8-6-17/h1,3-10H2,2H3,(H3,14,15,16). The third-order valence-corrected chi connectivity index (χ3v) is 3.62. The van der Waals surface area contributed by atoms with Crippen LogP contribution in [0.2, 0.25) is 0 Å². The average molecular weight is 252 g/mol. The molecule has 1 saturated heterocycles. The van der Waals surface area contributed by atoms with Gasteiger partial charge in [-0.05, 0) is 19.8 Å². The molecular formula is C13H24N4O. The van der Waals surface area contributed by atoms with E-state index in [1.807, 2.05) is 6.92 Å². The van der Waals surface area contributed by atoms with E-state index in [-0.39, 0.29) is 5.54 Å². The van der Waals surface area contributed by atoms with E-state index in [1.54, 1.807) is 0 Å². The third-order valence-electron chi connectivity index (χ3n) is 3.62. The fraction of sp³-hybridized carbons (Fsp3) is 0.769. The Hall–Kier alpha value is -1.07. The van der Waals surface area contributed by atoms with E-state index in [1.165, 1.54) is 12.8 Å². The fourth-order valence-electron chi connectivity index (χ4n) is 2.29. The van der Waals surface area contributed by atoms with E-state index < -0.39 is 0 Å². The molecule has 2 fully saturated rings. The zero-order chi connectivity index (χ0) is 13.0. The molecule has 0 radical (unpaired) electrons. The van der Waals surface area contributed by atoms with Crippen molar-refractivity contribution in [1.29, 1.82) is 0 Å². The van der Waals surface area contributed by atoms with Gasteiger partial charge in [-0.25, -0.2) is 0 Å². The van der Waals surface area contributed by atoms with Crippen LogP contribution in [0.5, 0.6) is 0 Å².